The zero-order chi connectivity index (χ0) is 17.3. The molecule has 0 fully saturated rings. The van der Waals surface area contributed by atoms with Gasteiger partial charge in [0.1, 0.15) is 0 Å². The number of hydrogen-bond acceptors (Lipinski definition) is 4. The van der Waals surface area contributed by atoms with Crippen LogP contribution in [0.4, 0.5) is 0 Å². The largest absolute Gasteiger partial charge is 0.265 e. The molecule has 5 heteroatoms. The SMILES string of the molecule is CC(C)(C)OS(OC(C)(C)C)(OC(C)(C)C)OC(C)(C)C. The van der Waals surface area contributed by atoms with Crippen molar-refractivity contribution >= 4 is 11.2 Å². The summed E-state index contributed by atoms with van der Waals surface area (Å²) in [7, 11) is 0. The lowest BCUT2D eigenvalue weighted by molar-refractivity contribution is -0.0536. The maximum Gasteiger partial charge on any atom is 0.226 e. The Morgan fingerprint density at radius 1 is 0.381 bits per heavy atom. The van der Waals surface area contributed by atoms with Crippen LogP contribution in [0.25, 0.3) is 0 Å². The van der Waals surface area contributed by atoms with Gasteiger partial charge >= 0.3 is 0 Å². The van der Waals surface area contributed by atoms with E-state index >= 15 is 0 Å². The van der Waals surface area contributed by atoms with E-state index in [9.17, 15) is 0 Å². The van der Waals surface area contributed by atoms with Gasteiger partial charge in [-0.2, -0.15) is 0 Å². The molecule has 0 unspecified atom stereocenters. The quantitative estimate of drug-likeness (QED) is 0.663. The Balaban J connectivity index is 5.70. The molecule has 0 saturated carbocycles. The highest BCUT2D eigenvalue weighted by Crippen LogP contribution is 2.61. The Kier molecular flexibility index (Phi) is 6.42. The monoisotopic (exact) mass is 324 g/mol. The number of hydrogen-bond donors (Lipinski definition) is 0. The second-order valence-electron chi connectivity index (χ2n) is 9.19. The Labute approximate surface area is 134 Å². The van der Waals surface area contributed by atoms with Gasteiger partial charge in [-0.15, -0.1) is 0 Å². The van der Waals surface area contributed by atoms with E-state index in [2.05, 4.69) is 0 Å². The third-order valence-corrected chi connectivity index (χ3v) is 4.22. The van der Waals surface area contributed by atoms with Crippen LogP contribution in [-0.2, 0) is 16.7 Å². The van der Waals surface area contributed by atoms with Crippen molar-refractivity contribution in [1.82, 2.24) is 0 Å². The first kappa shape index (κ1) is 21.2. The lowest BCUT2D eigenvalue weighted by Crippen LogP contribution is -2.39. The summed E-state index contributed by atoms with van der Waals surface area (Å²) in [5.74, 6) is 0. The molecule has 0 heterocycles. The Bertz CT molecular complexity index is 257. The highest BCUT2D eigenvalue weighted by atomic mass is 32.3. The van der Waals surface area contributed by atoms with E-state index in [4.69, 9.17) is 16.7 Å². The van der Waals surface area contributed by atoms with Crippen LogP contribution in [0.3, 0.4) is 0 Å². The third-order valence-electron chi connectivity index (χ3n) is 1.41. The fourth-order valence-corrected chi connectivity index (χ4v) is 3.98. The highest BCUT2D eigenvalue weighted by molar-refractivity contribution is 8.17. The van der Waals surface area contributed by atoms with E-state index in [0.717, 1.165) is 0 Å². The van der Waals surface area contributed by atoms with E-state index < -0.39 is 33.6 Å². The molecular formula is C16H36O4S. The fourth-order valence-electron chi connectivity index (χ4n) is 1.33. The predicted octanol–water partition coefficient (Wildman–Crippen LogP) is 5.71. The van der Waals surface area contributed by atoms with Gasteiger partial charge in [0.2, 0.25) is 11.2 Å². The van der Waals surface area contributed by atoms with Crippen molar-refractivity contribution < 1.29 is 16.7 Å². The minimum atomic E-state index is -2.63. The molecule has 0 aliphatic rings. The van der Waals surface area contributed by atoms with Crippen LogP contribution in [-0.4, -0.2) is 22.4 Å². The van der Waals surface area contributed by atoms with Crippen LogP contribution in [0.5, 0.6) is 0 Å². The van der Waals surface area contributed by atoms with Gasteiger partial charge in [-0.25, -0.2) is 0 Å². The number of rotatable bonds is 4. The molecule has 0 N–H and O–H groups in total. The summed E-state index contributed by atoms with van der Waals surface area (Å²) in [5, 5.41) is 0. The zero-order valence-corrected chi connectivity index (χ0v) is 16.9. The van der Waals surface area contributed by atoms with Gasteiger partial charge in [-0.1, -0.05) is 0 Å². The second kappa shape index (κ2) is 6.36. The molecule has 0 bridgehead atoms. The molecule has 0 amide bonds. The topological polar surface area (TPSA) is 36.9 Å². The Hall–Kier alpha value is 0.190. The molecule has 0 spiro atoms. The minimum absolute atomic E-state index is 0.447. The molecule has 21 heavy (non-hydrogen) atoms. The summed E-state index contributed by atoms with van der Waals surface area (Å²) in [4.78, 5) is 0. The van der Waals surface area contributed by atoms with Gasteiger partial charge < -0.3 is 0 Å². The minimum Gasteiger partial charge on any atom is -0.265 e. The van der Waals surface area contributed by atoms with E-state index in [0.29, 0.717) is 0 Å². The van der Waals surface area contributed by atoms with Crippen molar-refractivity contribution in [2.24, 2.45) is 0 Å². The third kappa shape index (κ3) is 11.4. The van der Waals surface area contributed by atoms with Gasteiger partial charge in [-0.05, 0) is 83.1 Å². The first-order valence-corrected chi connectivity index (χ1v) is 8.82. The summed E-state index contributed by atoms with van der Waals surface area (Å²) in [5.41, 5.74) is -1.79. The van der Waals surface area contributed by atoms with E-state index in [-0.39, 0.29) is 0 Å². The summed E-state index contributed by atoms with van der Waals surface area (Å²) in [6.07, 6.45) is 0. The molecule has 4 nitrogen and oxygen atoms in total. The normalized spacial score (nSPS) is 16.2. The lowest BCUT2D eigenvalue weighted by atomic mass is 10.2. The zero-order valence-electron chi connectivity index (χ0n) is 16.0. The van der Waals surface area contributed by atoms with Gasteiger partial charge in [0.15, 0.2) is 0 Å². The van der Waals surface area contributed by atoms with Crippen LogP contribution in [0.2, 0.25) is 0 Å². The van der Waals surface area contributed by atoms with Crippen molar-refractivity contribution in [3.63, 3.8) is 0 Å². The molecule has 0 rings (SSSR count). The standard InChI is InChI=1S/C16H36O4S/c1-13(2,3)17-21(18-14(4,5)6,19-15(7,8)9)20-16(10,11)12/h1-12H3. The van der Waals surface area contributed by atoms with Crippen molar-refractivity contribution in [1.29, 1.82) is 0 Å². The van der Waals surface area contributed by atoms with Crippen LogP contribution >= 0.6 is 11.2 Å². The van der Waals surface area contributed by atoms with E-state index in [1.807, 2.05) is 83.1 Å². The van der Waals surface area contributed by atoms with E-state index in [1.165, 1.54) is 0 Å². The molecule has 0 radical (unpaired) electrons. The van der Waals surface area contributed by atoms with Gasteiger partial charge in [-0.3, -0.25) is 16.7 Å². The summed E-state index contributed by atoms with van der Waals surface area (Å²) < 4.78 is 24.7. The lowest BCUT2D eigenvalue weighted by Gasteiger charge is -2.48. The van der Waals surface area contributed by atoms with Crippen LogP contribution in [0, 0.1) is 0 Å². The first-order chi connectivity index (χ1) is 8.83. The maximum atomic E-state index is 6.17. The molecule has 0 aromatic carbocycles. The fraction of sp³-hybridized carbons (Fsp3) is 1.00. The molecule has 0 aromatic rings. The van der Waals surface area contributed by atoms with Gasteiger partial charge in [0.05, 0.1) is 22.4 Å². The van der Waals surface area contributed by atoms with Crippen molar-refractivity contribution in [2.45, 2.75) is 105 Å². The Morgan fingerprint density at radius 3 is 0.619 bits per heavy atom. The highest BCUT2D eigenvalue weighted by Gasteiger charge is 2.44. The predicted molar refractivity (Wildman–Crippen MR) is 90.9 cm³/mol. The molecule has 0 aliphatic heterocycles. The average molecular weight is 325 g/mol. The molecule has 130 valence electrons. The van der Waals surface area contributed by atoms with Crippen LogP contribution in [0.15, 0.2) is 0 Å². The average Bonchev–Trinajstić information content (AvgIpc) is 1.83. The van der Waals surface area contributed by atoms with Crippen LogP contribution < -0.4 is 0 Å². The first-order valence-electron chi connectivity index (χ1n) is 7.48. The maximum absolute atomic E-state index is 6.17. The molecule has 0 aromatic heterocycles. The van der Waals surface area contributed by atoms with Gasteiger partial charge in [0.25, 0.3) is 0 Å². The van der Waals surface area contributed by atoms with E-state index in [1.54, 1.807) is 0 Å². The summed E-state index contributed by atoms with van der Waals surface area (Å²) >= 11 is -2.63. The van der Waals surface area contributed by atoms with Gasteiger partial charge in [0, 0.05) is 0 Å². The van der Waals surface area contributed by atoms with Crippen LogP contribution in [0.1, 0.15) is 83.1 Å². The Morgan fingerprint density at radius 2 is 0.524 bits per heavy atom. The van der Waals surface area contributed by atoms with Crippen molar-refractivity contribution in [3.05, 3.63) is 0 Å². The molecular weight excluding hydrogens is 288 g/mol. The van der Waals surface area contributed by atoms with Crippen molar-refractivity contribution in [3.8, 4) is 0 Å². The summed E-state index contributed by atoms with van der Waals surface area (Å²) in [6.45, 7) is 23.7. The molecule has 0 atom stereocenters. The molecule has 0 saturated heterocycles. The molecule has 0 aliphatic carbocycles. The van der Waals surface area contributed by atoms with Crippen molar-refractivity contribution in [2.75, 3.05) is 0 Å². The second-order valence-corrected chi connectivity index (χ2v) is 10.7. The smallest absolute Gasteiger partial charge is 0.226 e. The summed E-state index contributed by atoms with van der Waals surface area (Å²) in [6, 6.07) is 0.